The minimum Gasteiger partial charge on any atom is -0.284 e. The summed E-state index contributed by atoms with van der Waals surface area (Å²) in [6, 6.07) is 63.0. The van der Waals surface area contributed by atoms with Gasteiger partial charge in [-0.3, -0.25) is 4.40 Å². The van der Waals surface area contributed by atoms with Gasteiger partial charge in [-0.05, 0) is 46.5 Å². The zero-order chi connectivity index (χ0) is 35.1. The van der Waals surface area contributed by atoms with Gasteiger partial charge in [0.25, 0.3) is 0 Å². The van der Waals surface area contributed by atoms with E-state index in [2.05, 4.69) is 144 Å². The Morgan fingerprint density at radius 1 is 0.340 bits per heavy atom. The van der Waals surface area contributed by atoms with Gasteiger partial charge in [0.1, 0.15) is 11.2 Å². The predicted molar refractivity (Wildman–Crippen MR) is 216 cm³/mol. The van der Waals surface area contributed by atoms with Crippen LogP contribution in [0.2, 0.25) is 0 Å². The summed E-state index contributed by atoms with van der Waals surface area (Å²) in [5.41, 5.74) is 14.0. The number of nitrogens with zero attached hydrogens (tertiary/aromatic N) is 5. The van der Waals surface area contributed by atoms with Crippen molar-refractivity contribution in [2.45, 2.75) is 0 Å². The maximum absolute atomic E-state index is 5.19. The Kier molecular flexibility index (Phi) is 7.40. The molecule has 0 amide bonds. The third-order valence-corrected chi connectivity index (χ3v) is 9.86. The topological polar surface area (TPSA) is 56.0 Å². The SMILES string of the molecule is c1ccc(-c2ccc(-c3nc(-c4ccccc4)cc(-c4cccc(-c5ccc(-c6nc7c(nc8ccccn87)c7ccccc67)cc5)c4)n3)cc2)cc1. The van der Waals surface area contributed by atoms with Crippen LogP contribution in [0.15, 0.2) is 188 Å². The van der Waals surface area contributed by atoms with Gasteiger partial charge >= 0.3 is 0 Å². The smallest absolute Gasteiger partial charge is 0.165 e. The van der Waals surface area contributed by atoms with Crippen molar-refractivity contribution in [1.82, 2.24) is 24.3 Å². The Morgan fingerprint density at radius 3 is 1.64 bits per heavy atom. The number of aromatic nitrogens is 5. The highest BCUT2D eigenvalue weighted by atomic mass is 15.1. The van der Waals surface area contributed by atoms with Crippen molar-refractivity contribution in [2.75, 3.05) is 0 Å². The van der Waals surface area contributed by atoms with Gasteiger partial charge in [-0.2, -0.15) is 0 Å². The summed E-state index contributed by atoms with van der Waals surface area (Å²) in [4.78, 5) is 20.3. The van der Waals surface area contributed by atoms with Crippen LogP contribution in [0, 0.1) is 0 Å². The van der Waals surface area contributed by atoms with Crippen LogP contribution >= 0.6 is 0 Å². The van der Waals surface area contributed by atoms with Gasteiger partial charge in [-0.1, -0.05) is 158 Å². The summed E-state index contributed by atoms with van der Waals surface area (Å²) < 4.78 is 2.06. The molecule has 0 N–H and O–H groups in total. The van der Waals surface area contributed by atoms with E-state index in [1.165, 1.54) is 5.56 Å². The summed E-state index contributed by atoms with van der Waals surface area (Å²) in [5.74, 6) is 0.693. The lowest BCUT2D eigenvalue weighted by molar-refractivity contribution is 1.18. The average Bonchev–Trinajstić information content (AvgIpc) is 3.63. The molecule has 0 unspecified atom stereocenters. The number of fused-ring (bicyclic) bond motifs is 5. The maximum Gasteiger partial charge on any atom is 0.165 e. The first kappa shape index (κ1) is 30.6. The lowest BCUT2D eigenvalue weighted by Gasteiger charge is -2.12. The van der Waals surface area contributed by atoms with Crippen molar-refractivity contribution in [2.24, 2.45) is 0 Å². The van der Waals surface area contributed by atoms with Crippen LogP contribution in [-0.4, -0.2) is 24.3 Å². The van der Waals surface area contributed by atoms with Gasteiger partial charge in [0.05, 0.1) is 17.1 Å². The normalized spacial score (nSPS) is 11.4. The van der Waals surface area contributed by atoms with Gasteiger partial charge in [-0.15, -0.1) is 0 Å². The Labute approximate surface area is 306 Å². The third-order valence-electron chi connectivity index (χ3n) is 9.86. The van der Waals surface area contributed by atoms with E-state index in [1.807, 2.05) is 48.7 Å². The van der Waals surface area contributed by atoms with Crippen LogP contribution in [0.4, 0.5) is 0 Å². The van der Waals surface area contributed by atoms with E-state index in [1.54, 1.807) is 0 Å². The molecule has 53 heavy (non-hydrogen) atoms. The van der Waals surface area contributed by atoms with Crippen LogP contribution in [0.1, 0.15) is 0 Å². The molecule has 0 atom stereocenters. The Bertz CT molecular complexity index is 2920. The lowest BCUT2D eigenvalue weighted by Crippen LogP contribution is -1.96. The van der Waals surface area contributed by atoms with Gasteiger partial charge in [0.15, 0.2) is 11.5 Å². The van der Waals surface area contributed by atoms with Gasteiger partial charge < -0.3 is 0 Å². The van der Waals surface area contributed by atoms with Gasteiger partial charge in [0, 0.05) is 39.2 Å². The van der Waals surface area contributed by atoms with Crippen molar-refractivity contribution >= 4 is 27.6 Å². The molecular formula is C48H31N5. The van der Waals surface area contributed by atoms with E-state index in [0.29, 0.717) is 5.82 Å². The number of pyridine rings is 2. The van der Waals surface area contributed by atoms with Gasteiger partial charge in [0.2, 0.25) is 0 Å². The van der Waals surface area contributed by atoms with E-state index in [-0.39, 0.29) is 0 Å². The minimum atomic E-state index is 0.693. The van der Waals surface area contributed by atoms with E-state index < -0.39 is 0 Å². The first-order valence-corrected chi connectivity index (χ1v) is 17.7. The Balaban J connectivity index is 1.03. The highest BCUT2D eigenvalue weighted by molar-refractivity contribution is 6.09. The molecule has 0 bridgehead atoms. The molecule has 5 nitrogen and oxygen atoms in total. The highest BCUT2D eigenvalue weighted by Gasteiger charge is 2.16. The zero-order valence-electron chi connectivity index (χ0n) is 28.6. The van der Waals surface area contributed by atoms with Crippen molar-refractivity contribution in [3.63, 3.8) is 0 Å². The van der Waals surface area contributed by atoms with Crippen LogP contribution in [-0.2, 0) is 0 Å². The summed E-state index contributed by atoms with van der Waals surface area (Å²) >= 11 is 0. The fourth-order valence-corrected chi connectivity index (χ4v) is 7.15. The number of hydrogen-bond donors (Lipinski definition) is 0. The summed E-state index contributed by atoms with van der Waals surface area (Å²) in [7, 11) is 0. The standard InChI is InChI=1S/C48H31N5/c1-3-12-32(13-4-1)33-23-27-37(28-24-33)47-49-42(35-14-5-2-6-15-35)31-43(50-47)39-17-11-16-38(30-39)34-21-25-36(26-22-34)45-40-18-7-8-19-41(40)46-48(52-45)53-29-10-9-20-44(53)51-46/h1-31H. The number of hydrogen-bond acceptors (Lipinski definition) is 4. The molecule has 0 radical (unpaired) electrons. The van der Waals surface area contributed by atoms with Crippen molar-refractivity contribution in [1.29, 1.82) is 0 Å². The molecule has 0 aliphatic heterocycles. The molecule has 0 saturated heterocycles. The molecule has 5 heteroatoms. The molecule has 6 aromatic carbocycles. The van der Waals surface area contributed by atoms with Crippen LogP contribution in [0.3, 0.4) is 0 Å². The van der Waals surface area contributed by atoms with Crippen molar-refractivity contribution < 1.29 is 0 Å². The van der Waals surface area contributed by atoms with E-state index in [0.717, 1.165) is 83.6 Å². The maximum atomic E-state index is 5.19. The second-order valence-corrected chi connectivity index (χ2v) is 13.1. The van der Waals surface area contributed by atoms with E-state index >= 15 is 0 Å². The average molecular weight is 678 g/mol. The lowest BCUT2D eigenvalue weighted by atomic mass is 9.98. The largest absolute Gasteiger partial charge is 0.284 e. The number of imidazole rings is 1. The predicted octanol–water partition coefficient (Wildman–Crippen LogP) is 11.8. The molecule has 10 rings (SSSR count). The minimum absolute atomic E-state index is 0.693. The third kappa shape index (κ3) is 5.61. The molecule has 4 heterocycles. The molecule has 10 aromatic rings. The first-order valence-electron chi connectivity index (χ1n) is 17.7. The van der Waals surface area contributed by atoms with E-state index in [4.69, 9.17) is 19.9 Å². The van der Waals surface area contributed by atoms with Crippen LogP contribution in [0.5, 0.6) is 0 Å². The number of rotatable bonds is 6. The zero-order valence-corrected chi connectivity index (χ0v) is 28.6. The molecule has 0 fully saturated rings. The van der Waals surface area contributed by atoms with E-state index in [9.17, 15) is 0 Å². The van der Waals surface area contributed by atoms with Crippen molar-refractivity contribution in [3.05, 3.63) is 188 Å². The molecular weight excluding hydrogens is 647 g/mol. The first-order chi connectivity index (χ1) is 26.2. The fourth-order valence-electron chi connectivity index (χ4n) is 7.15. The molecule has 0 aliphatic carbocycles. The molecule has 248 valence electrons. The van der Waals surface area contributed by atoms with Crippen molar-refractivity contribution in [3.8, 4) is 67.4 Å². The number of benzene rings is 6. The highest BCUT2D eigenvalue weighted by Crippen LogP contribution is 2.35. The summed E-state index contributed by atoms with van der Waals surface area (Å²) in [6.45, 7) is 0. The second kappa shape index (κ2) is 12.8. The molecule has 4 aromatic heterocycles. The quantitative estimate of drug-likeness (QED) is 0.176. The van der Waals surface area contributed by atoms with Gasteiger partial charge in [-0.25, -0.2) is 19.9 Å². The van der Waals surface area contributed by atoms with Crippen LogP contribution in [0.25, 0.3) is 95.0 Å². The Hall–Kier alpha value is -7.24. The van der Waals surface area contributed by atoms with Crippen LogP contribution < -0.4 is 0 Å². The second-order valence-electron chi connectivity index (χ2n) is 13.1. The summed E-state index contributed by atoms with van der Waals surface area (Å²) in [6.07, 6.45) is 2.03. The molecule has 0 spiro atoms. The molecule has 0 aliphatic rings. The summed E-state index contributed by atoms with van der Waals surface area (Å²) in [5, 5.41) is 2.18. The Morgan fingerprint density at radius 2 is 0.887 bits per heavy atom. The molecule has 0 saturated carbocycles. The monoisotopic (exact) mass is 677 g/mol. The fraction of sp³-hybridized carbons (Fsp3) is 0.